The van der Waals surface area contributed by atoms with Crippen molar-refractivity contribution in [2.75, 3.05) is 22.8 Å². The molecule has 0 spiro atoms. The molecular weight excluding hydrogens is 424 g/mol. The summed E-state index contributed by atoms with van der Waals surface area (Å²) in [6.07, 6.45) is 1.64. The van der Waals surface area contributed by atoms with Crippen LogP contribution in [0.3, 0.4) is 0 Å². The van der Waals surface area contributed by atoms with Gasteiger partial charge in [0.15, 0.2) is 0 Å². The van der Waals surface area contributed by atoms with E-state index in [2.05, 4.69) is 11.9 Å². The third kappa shape index (κ3) is 5.56. The summed E-state index contributed by atoms with van der Waals surface area (Å²) in [4.78, 5) is 12.9. The highest BCUT2D eigenvalue weighted by Crippen LogP contribution is 2.26. The largest absolute Gasteiger partial charge is 0.490 e. The topological polar surface area (TPSA) is 75.7 Å². The Morgan fingerprint density at radius 1 is 1.00 bits per heavy atom. The molecule has 0 radical (unpaired) electrons. The summed E-state index contributed by atoms with van der Waals surface area (Å²) in [7, 11) is -3.94. The SMILES string of the molecule is C=CCOc1ccc(NC(=O)CN(c2ccc(C)c(C)c2)S(=O)(=O)c2ccccc2)cc1. The summed E-state index contributed by atoms with van der Waals surface area (Å²) in [6.45, 7) is 7.47. The van der Waals surface area contributed by atoms with Crippen molar-refractivity contribution in [2.24, 2.45) is 0 Å². The second kappa shape index (κ2) is 10.2. The summed E-state index contributed by atoms with van der Waals surface area (Å²) in [5.74, 6) is 0.189. The number of sulfonamides is 1. The molecule has 0 atom stereocenters. The number of carbonyl (C=O) groups excluding carboxylic acids is 1. The van der Waals surface area contributed by atoms with Crippen molar-refractivity contribution in [1.29, 1.82) is 0 Å². The lowest BCUT2D eigenvalue weighted by Crippen LogP contribution is -2.38. The van der Waals surface area contributed by atoms with E-state index in [9.17, 15) is 13.2 Å². The second-order valence-electron chi connectivity index (χ2n) is 7.27. The first-order valence-electron chi connectivity index (χ1n) is 10.1. The predicted molar refractivity (Wildman–Crippen MR) is 128 cm³/mol. The van der Waals surface area contributed by atoms with E-state index in [1.165, 1.54) is 12.1 Å². The Labute approximate surface area is 189 Å². The summed E-state index contributed by atoms with van der Waals surface area (Å²) < 4.78 is 33.3. The van der Waals surface area contributed by atoms with Crippen LogP contribution in [0.2, 0.25) is 0 Å². The molecule has 0 aliphatic carbocycles. The molecule has 1 amide bonds. The predicted octanol–water partition coefficient (Wildman–Crippen LogP) is 4.70. The van der Waals surface area contributed by atoms with E-state index in [-0.39, 0.29) is 11.4 Å². The van der Waals surface area contributed by atoms with Crippen LogP contribution in [-0.2, 0) is 14.8 Å². The number of amides is 1. The number of anilines is 2. The van der Waals surface area contributed by atoms with E-state index in [0.717, 1.165) is 15.4 Å². The standard InChI is InChI=1S/C25H26N2O4S/c1-4-16-31-23-14-11-21(12-15-23)26-25(28)18-27(22-13-10-19(2)20(3)17-22)32(29,30)24-8-6-5-7-9-24/h4-15,17H,1,16,18H2,2-3H3,(H,26,28). The van der Waals surface area contributed by atoms with Crippen LogP contribution in [0.5, 0.6) is 5.75 Å². The van der Waals surface area contributed by atoms with Gasteiger partial charge in [0, 0.05) is 5.69 Å². The molecule has 0 heterocycles. The van der Waals surface area contributed by atoms with Crippen molar-refractivity contribution in [2.45, 2.75) is 18.7 Å². The van der Waals surface area contributed by atoms with Crippen LogP contribution >= 0.6 is 0 Å². The van der Waals surface area contributed by atoms with E-state index >= 15 is 0 Å². The zero-order valence-corrected chi connectivity index (χ0v) is 18.9. The molecule has 3 aromatic rings. The third-order valence-corrected chi connectivity index (χ3v) is 6.69. The van der Waals surface area contributed by atoms with Gasteiger partial charge in [-0.1, -0.05) is 36.9 Å². The Bertz CT molecular complexity index is 1190. The number of benzene rings is 3. The molecule has 0 bridgehead atoms. The molecule has 6 nitrogen and oxygen atoms in total. The molecule has 166 valence electrons. The van der Waals surface area contributed by atoms with Gasteiger partial charge in [0.25, 0.3) is 10.0 Å². The highest BCUT2D eigenvalue weighted by Gasteiger charge is 2.27. The number of carbonyl (C=O) groups is 1. The Kier molecular flexibility index (Phi) is 7.33. The summed E-state index contributed by atoms with van der Waals surface area (Å²) in [5.41, 5.74) is 2.94. The fourth-order valence-corrected chi connectivity index (χ4v) is 4.47. The second-order valence-corrected chi connectivity index (χ2v) is 9.13. The summed E-state index contributed by atoms with van der Waals surface area (Å²) in [6, 6.07) is 20.3. The Balaban J connectivity index is 1.86. The minimum absolute atomic E-state index is 0.120. The lowest BCUT2D eigenvalue weighted by molar-refractivity contribution is -0.114. The Hall–Kier alpha value is -3.58. The number of hydrogen-bond acceptors (Lipinski definition) is 4. The molecule has 32 heavy (non-hydrogen) atoms. The lowest BCUT2D eigenvalue weighted by atomic mass is 10.1. The molecular formula is C25H26N2O4S. The Morgan fingerprint density at radius 3 is 2.31 bits per heavy atom. The normalized spacial score (nSPS) is 10.9. The van der Waals surface area contributed by atoms with Crippen molar-refractivity contribution in [1.82, 2.24) is 0 Å². The zero-order chi connectivity index (χ0) is 23.1. The van der Waals surface area contributed by atoms with E-state index in [0.29, 0.717) is 23.7 Å². The maximum atomic E-state index is 13.4. The van der Waals surface area contributed by atoms with Crippen molar-refractivity contribution >= 4 is 27.3 Å². The van der Waals surface area contributed by atoms with E-state index in [1.54, 1.807) is 60.7 Å². The van der Waals surface area contributed by atoms with Gasteiger partial charge in [-0.25, -0.2) is 8.42 Å². The highest BCUT2D eigenvalue weighted by atomic mass is 32.2. The van der Waals surface area contributed by atoms with Crippen LogP contribution in [0.1, 0.15) is 11.1 Å². The van der Waals surface area contributed by atoms with Gasteiger partial charge in [-0.05, 0) is 73.5 Å². The van der Waals surface area contributed by atoms with Crippen LogP contribution < -0.4 is 14.4 Å². The van der Waals surface area contributed by atoms with Gasteiger partial charge in [0.05, 0.1) is 10.6 Å². The zero-order valence-electron chi connectivity index (χ0n) is 18.1. The number of rotatable bonds is 9. The van der Waals surface area contributed by atoms with Crippen molar-refractivity contribution < 1.29 is 17.9 Å². The van der Waals surface area contributed by atoms with Crippen molar-refractivity contribution in [3.05, 3.63) is 96.6 Å². The molecule has 0 aliphatic rings. The third-order valence-electron chi connectivity index (χ3n) is 4.90. The summed E-state index contributed by atoms with van der Waals surface area (Å²) >= 11 is 0. The molecule has 0 unspecified atom stereocenters. The average Bonchev–Trinajstić information content (AvgIpc) is 2.79. The van der Waals surface area contributed by atoms with Gasteiger partial charge >= 0.3 is 0 Å². The van der Waals surface area contributed by atoms with Crippen LogP contribution in [0.25, 0.3) is 0 Å². The number of aryl methyl sites for hydroxylation is 2. The number of nitrogens with one attached hydrogen (secondary N) is 1. The van der Waals surface area contributed by atoms with Gasteiger partial charge in [0.1, 0.15) is 18.9 Å². The molecule has 0 saturated carbocycles. The fourth-order valence-electron chi connectivity index (χ4n) is 3.04. The molecule has 0 aromatic heterocycles. The number of ether oxygens (including phenoxy) is 1. The maximum absolute atomic E-state index is 13.4. The smallest absolute Gasteiger partial charge is 0.264 e. The Morgan fingerprint density at radius 2 is 1.69 bits per heavy atom. The first-order valence-corrected chi connectivity index (χ1v) is 11.5. The quantitative estimate of drug-likeness (QED) is 0.480. The van der Waals surface area contributed by atoms with Crippen LogP contribution in [0.4, 0.5) is 11.4 Å². The van der Waals surface area contributed by atoms with E-state index < -0.39 is 15.9 Å². The minimum Gasteiger partial charge on any atom is -0.490 e. The molecule has 0 aliphatic heterocycles. The molecule has 7 heteroatoms. The highest BCUT2D eigenvalue weighted by molar-refractivity contribution is 7.92. The molecule has 0 fully saturated rings. The van der Waals surface area contributed by atoms with E-state index in [4.69, 9.17) is 4.74 Å². The van der Waals surface area contributed by atoms with Crippen molar-refractivity contribution in [3.63, 3.8) is 0 Å². The van der Waals surface area contributed by atoms with Crippen LogP contribution in [0, 0.1) is 13.8 Å². The first kappa shape index (κ1) is 23.1. The first-order chi connectivity index (χ1) is 15.3. The van der Waals surface area contributed by atoms with Crippen molar-refractivity contribution in [3.8, 4) is 5.75 Å². The maximum Gasteiger partial charge on any atom is 0.264 e. The lowest BCUT2D eigenvalue weighted by Gasteiger charge is -2.25. The molecule has 1 N–H and O–H groups in total. The minimum atomic E-state index is -3.94. The molecule has 3 rings (SSSR count). The van der Waals surface area contributed by atoms with Gasteiger partial charge < -0.3 is 10.1 Å². The summed E-state index contributed by atoms with van der Waals surface area (Å²) in [5, 5.41) is 2.75. The monoisotopic (exact) mass is 450 g/mol. The number of hydrogen-bond donors (Lipinski definition) is 1. The van der Waals surface area contributed by atoms with Gasteiger partial charge in [-0.15, -0.1) is 0 Å². The van der Waals surface area contributed by atoms with Gasteiger partial charge in [-0.3, -0.25) is 9.10 Å². The molecule has 3 aromatic carbocycles. The fraction of sp³-hybridized carbons (Fsp3) is 0.160. The van der Waals surface area contributed by atoms with Crippen LogP contribution in [-0.4, -0.2) is 27.5 Å². The van der Waals surface area contributed by atoms with Gasteiger partial charge in [-0.2, -0.15) is 0 Å². The molecule has 0 saturated heterocycles. The average molecular weight is 451 g/mol. The number of nitrogens with zero attached hydrogens (tertiary/aromatic N) is 1. The van der Waals surface area contributed by atoms with E-state index in [1.807, 2.05) is 19.9 Å². The van der Waals surface area contributed by atoms with Gasteiger partial charge in [0.2, 0.25) is 5.91 Å². The van der Waals surface area contributed by atoms with Crippen LogP contribution in [0.15, 0.2) is 90.3 Å².